The number of ether oxygens (including phenoxy) is 1. The van der Waals surface area contributed by atoms with E-state index in [9.17, 15) is 14.0 Å². The van der Waals surface area contributed by atoms with Crippen molar-refractivity contribution in [2.45, 2.75) is 38.1 Å². The van der Waals surface area contributed by atoms with E-state index in [1.165, 1.54) is 4.90 Å². The number of aromatic nitrogens is 2. The lowest BCUT2D eigenvalue weighted by Gasteiger charge is -2.27. The molecule has 0 radical (unpaired) electrons. The van der Waals surface area contributed by atoms with E-state index in [0.29, 0.717) is 30.4 Å². The van der Waals surface area contributed by atoms with Crippen LogP contribution in [0.1, 0.15) is 32.1 Å². The maximum absolute atomic E-state index is 14.5. The van der Waals surface area contributed by atoms with Crippen LogP contribution in [0.3, 0.4) is 0 Å². The summed E-state index contributed by atoms with van der Waals surface area (Å²) in [7, 11) is 0. The molecule has 1 aromatic heterocycles. The van der Waals surface area contributed by atoms with E-state index in [1.807, 2.05) is 0 Å². The van der Waals surface area contributed by atoms with E-state index < -0.39 is 11.9 Å². The van der Waals surface area contributed by atoms with Gasteiger partial charge in [-0.1, -0.05) is 12.1 Å². The number of nitrogens with one attached hydrogen (secondary N) is 1. The van der Waals surface area contributed by atoms with Gasteiger partial charge in [0.2, 0.25) is 11.9 Å². The molecule has 1 aliphatic carbocycles. The summed E-state index contributed by atoms with van der Waals surface area (Å²) in [6.45, 7) is 0.960. The maximum Gasteiger partial charge on any atom is 0.414 e. The lowest BCUT2D eigenvalue weighted by atomic mass is 9.86. The highest BCUT2D eigenvalue weighted by atomic mass is 19.1. The molecule has 2 aliphatic rings. The van der Waals surface area contributed by atoms with Crippen molar-refractivity contribution in [1.82, 2.24) is 9.97 Å². The summed E-state index contributed by atoms with van der Waals surface area (Å²) >= 11 is 0. The van der Waals surface area contributed by atoms with Gasteiger partial charge < -0.3 is 15.8 Å². The van der Waals surface area contributed by atoms with Gasteiger partial charge in [0, 0.05) is 29.8 Å². The van der Waals surface area contributed by atoms with Crippen molar-refractivity contribution in [2.24, 2.45) is 11.7 Å². The fraction of sp³-hybridized carbons (Fsp3) is 0.429. The smallest absolute Gasteiger partial charge is 0.414 e. The Morgan fingerprint density at radius 2 is 2.07 bits per heavy atom. The van der Waals surface area contributed by atoms with Gasteiger partial charge in [-0.2, -0.15) is 0 Å². The van der Waals surface area contributed by atoms with Crippen molar-refractivity contribution in [3.05, 3.63) is 36.3 Å². The largest absolute Gasteiger partial charge is 0.449 e. The van der Waals surface area contributed by atoms with Crippen LogP contribution < -0.4 is 16.0 Å². The van der Waals surface area contributed by atoms with Crippen LogP contribution >= 0.6 is 0 Å². The summed E-state index contributed by atoms with van der Waals surface area (Å²) in [4.78, 5) is 33.3. The number of carbonyl (C=O) groups excluding carboxylic acids is 2. The summed E-state index contributed by atoms with van der Waals surface area (Å²) in [5.41, 5.74) is 6.72. The van der Waals surface area contributed by atoms with Gasteiger partial charge in [-0.25, -0.2) is 19.2 Å². The highest BCUT2D eigenvalue weighted by Gasteiger charge is 2.25. The lowest BCUT2D eigenvalue weighted by molar-refractivity contribution is -0.122. The molecule has 1 aliphatic heterocycles. The number of hydrogen-bond donors (Lipinski definition) is 2. The highest BCUT2D eigenvalue weighted by Crippen LogP contribution is 2.29. The number of anilines is 2. The first-order chi connectivity index (χ1) is 14.5. The summed E-state index contributed by atoms with van der Waals surface area (Å²) in [5.74, 6) is -0.559. The third kappa shape index (κ3) is 4.34. The number of amides is 2. The molecule has 4 rings (SSSR count). The molecule has 2 heterocycles. The van der Waals surface area contributed by atoms with Crippen LogP contribution in [-0.2, 0) is 9.53 Å². The van der Waals surface area contributed by atoms with Gasteiger partial charge in [0.25, 0.3) is 0 Å². The average Bonchev–Trinajstić information content (AvgIpc) is 2.76. The van der Waals surface area contributed by atoms with E-state index in [0.717, 1.165) is 38.3 Å². The van der Waals surface area contributed by atoms with Crippen LogP contribution in [0, 0.1) is 11.7 Å². The Labute approximate surface area is 173 Å². The van der Waals surface area contributed by atoms with E-state index >= 15 is 0 Å². The molecule has 2 aromatic rings. The zero-order valence-corrected chi connectivity index (χ0v) is 16.5. The average molecular weight is 413 g/mol. The van der Waals surface area contributed by atoms with Gasteiger partial charge in [-0.15, -0.1) is 0 Å². The minimum Gasteiger partial charge on any atom is -0.449 e. The zero-order chi connectivity index (χ0) is 21.1. The number of nitrogens with zero attached hydrogens (tertiary/aromatic N) is 3. The van der Waals surface area contributed by atoms with Crippen molar-refractivity contribution in [3.8, 4) is 11.3 Å². The van der Waals surface area contributed by atoms with Crippen LogP contribution in [0.25, 0.3) is 11.3 Å². The van der Waals surface area contributed by atoms with Crippen molar-refractivity contribution in [1.29, 1.82) is 0 Å². The first kappa shape index (κ1) is 20.1. The van der Waals surface area contributed by atoms with E-state index in [4.69, 9.17) is 10.5 Å². The van der Waals surface area contributed by atoms with Crippen molar-refractivity contribution >= 4 is 23.6 Å². The first-order valence-electron chi connectivity index (χ1n) is 10.1. The molecule has 2 amide bonds. The van der Waals surface area contributed by atoms with Gasteiger partial charge in [-0.3, -0.25) is 9.69 Å². The minimum absolute atomic E-state index is 0.0861. The Morgan fingerprint density at radius 1 is 1.27 bits per heavy atom. The van der Waals surface area contributed by atoms with Gasteiger partial charge in [0.15, 0.2) is 5.82 Å². The first-order valence-corrected chi connectivity index (χ1v) is 10.1. The number of benzene rings is 1. The van der Waals surface area contributed by atoms with Crippen LogP contribution in [0.2, 0.25) is 0 Å². The Balaban J connectivity index is 1.52. The fourth-order valence-electron chi connectivity index (χ4n) is 3.95. The quantitative estimate of drug-likeness (QED) is 0.779. The van der Waals surface area contributed by atoms with Crippen molar-refractivity contribution in [3.63, 3.8) is 0 Å². The summed E-state index contributed by atoms with van der Waals surface area (Å²) < 4.78 is 19.6. The molecule has 0 unspecified atom stereocenters. The molecule has 1 saturated carbocycles. The molecule has 0 atom stereocenters. The topological polar surface area (TPSA) is 110 Å². The second kappa shape index (κ2) is 8.64. The molecule has 2 fully saturated rings. The minimum atomic E-state index is -0.545. The third-order valence-corrected chi connectivity index (χ3v) is 5.61. The highest BCUT2D eigenvalue weighted by molar-refractivity contribution is 5.89. The van der Waals surface area contributed by atoms with Crippen LogP contribution in [-0.4, -0.2) is 41.2 Å². The van der Waals surface area contributed by atoms with Gasteiger partial charge in [-0.05, 0) is 44.2 Å². The van der Waals surface area contributed by atoms with Crippen LogP contribution in [0.15, 0.2) is 30.5 Å². The predicted molar refractivity (Wildman–Crippen MR) is 109 cm³/mol. The van der Waals surface area contributed by atoms with Gasteiger partial charge in [0.1, 0.15) is 5.69 Å². The second-order valence-electron chi connectivity index (χ2n) is 7.66. The number of primary amides is 1. The van der Waals surface area contributed by atoms with Gasteiger partial charge >= 0.3 is 6.09 Å². The Kier molecular flexibility index (Phi) is 5.78. The molecule has 30 heavy (non-hydrogen) atoms. The molecule has 158 valence electrons. The standard InChI is InChI=1S/C21H24FN5O3/c22-17-12-24-20(25-15-7-5-13(6-8-15)19(23)28)26-18(17)14-3-1-4-16(11-14)27-9-2-10-30-21(27)29/h1,3-4,11-13,15H,2,5-10H2,(H2,23,28)(H,24,25,26). The van der Waals surface area contributed by atoms with E-state index in [1.54, 1.807) is 24.3 Å². The SMILES string of the molecule is NC(=O)C1CCC(Nc2ncc(F)c(-c3cccc(N4CCCOC4=O)c3)n2)CC1. The zero-order valence-electron chi connectivity index (χ0n) is 16.5. The van der Waals surface area contributed by atoms with Crippen LogP contribution in [0.4, 0.5) is 20.8 Å². The molecule has 3 N–H and O–H groups in total. The Bertz CT molecular complexity index is 946. The summed E-state index contributed by atoms with van der Waals surface area (Å²) in [5, 5.41) is 3.24. The maximum atomic E-state index is 14.5. The van der Waals surface area contributed by atoms with Crippen LogP contribution in [0.5, 0.6) is 0 Å². The molecular formula is C21H24FN5O3. The monoisotopic (exact) mass is 413 g/mol. The Hall–Kier alpha value is -3.23. The number of carbonyl (C=O) groups is 2. The summed E-state index contributed by atoms with van der Waals surface area (Å²) in [6.07, 6.45) is 4.46. The number of nitrogens with two attached hydrogens (primary N) is 1. The van der Waals surface area contributed by atoms with Crippen molar-refractivity contribution < 1.29 is 18.7 Å². The number of hydrogen-bond acceptors (Lipinski definition) is 6. The molecule has 1 saturated heterocycles. The van der Waals surface area contributed by atoms with E-state index in [2.05, 4.69) is 15.3 Å². The molecule has 1 aromatic carbocycles. The molecule has 9 heteroatoms. The second-order valence-corrected chi connectivity index (χ2v) is 7.66. The third-order valence-electron chi connectivity index (χ3n) is 5.61. The molecular weight excluding hydrogens is 389 g/mol. The predicted octanol–water partition coefficient (Wildman–Crippen LogP) is 3.09. The molecule has 0 bridgehead atoms. The Morgan fingerprint density at radius 3 is 2.80 bits per heavy atom. The summed E-state index contributed by atoms with van der Waals surface area (Å²) in [6, 6.07) is 7.11. The molecule has 8 nitrogen and oxygen atoms in total. The lowest BCUT2D eigenvalue weighted by Crippen LogP contribution is -2.37. The van der Waals surface area contributed by atoms with Gasteiger partial charge in [0.05, 0.1) is 12.8 Å². The molecule has 0 spiro atoms. The normalized spacial score (nSPS) is 21.8. The van der Waals surface area contributed by atoms with Crippen molar-refractivity contribution in [2.75, 3.05) is 23.4 Å². The van der Waals surface area contributed by atoms with E-state index in [-0.39, 0.29) is 23.6 Å². The number of rotatable bonds is 5. The number of halogens is 1. The number of cyclic esters (lactones) is 1. The fourth-order valence-corrected chi connectivity index (χ4v) is 3.95.